The standard InChI is InChI=1S/C18H28N2O2/c1-4-10-19-17(21)9-11-20-18(22)13-16-7-5-15(6-8-16)12-14(2)3/h5-8,14H,4,9-13H2,1-3H3,(H,19,21)(H,20,22). The first-order valence-corrected chi connectivity index (χ1v) is 8.12. The molecule has 0 fully saturated rings. The second-order valence-corrected chi connectivity index (χ2v) is 6.04. The maximum absolute atomic E-state index is 11.8. The van der Waals surface area contributed by atoms with Crippen LogP contribution in [0.5, 0.6) is 0 Å². The van der Waals surface area contributed by atoms with Crippen molar-refractivity contribution in [1.29, 1.82) is 0 Å². The van der Waals surface area contributed by atoms with Gasteiger partial charge in [-0.1, -0.05) is 45.0 Å². The Labute approximate surface area is 133 Å². The predicted molar refractivity (Wildman–Crippen MR) is 89.6 cm³/mol. The van der Waals surface area contributed by atoms with Gasteiger partial charge in [-0.05, 0) is 29.9 Å². The normalized spacial score (nSPS) is 10.5. The second kappa shape index (κ2) is 9.98. The summed E-state index contributed by atoms with van der Waals surface area (Å²) in [5.74, 6) is 0.577. The molecule has 0 aliphatic heterocycles. The van der Waals surface area contributed by atoms with Crippen LogP contribution in [0.25, 0.3) is 0 Å². The molecule has 2 amide bonds. The lowest BCUT2D eigenvalue weighted by Crippen LogP contribution is -2.31. The van der Waals surface area contributed by atoms with Crippen LogP contribution in [0.1, 0.15) is 44.7 Å². The average molecular weight is 304 g/mol. The first-order chi connectivity index (χ1) is 10.5. The molecule has 1 rings (SSSR count). The molecule has 4 heteroatoms. The number of carbonyl (C=O) groups is 2. The second-order valence-electron chi connectivity index (χ2n) is 6.04. The highest BCUT2D eigenvalue weighted by Crippen LogP contribution is 2.10. The monoisotopic (exact) mass is 304 g/mol. The fraction of sp³-hybridized carbons (Fsp3) is 0.556. The molecule has 0 bridgehead atoms. The third-order valence-electron chi connectivity index (χ3n) is 3.28. The molecule has 0 heterocycles. The number of benzene rings is 1. The van der Waals surface area contributed by atoms with Crippen LogP contribution in [-0.2, 0) is 22.4 Å². The van der Waals surface area contributed by atoms with Crippen molar-refractivity contribution < 1.29 is 9.59 Å². The number of amides is 2. The summed E-state index contributed by atoms with van der Waals surface area (Å²) in [6.07, 6.45) is 2.67. The van der Waals surface area contributed by atoms with E-state index in [1.165, 1.54) is 5.56 Å². The van der Waals surface area contributed by atoms with Crippen LogP contribution < -0.4 is 10.6 Å². The van der Waals surface area contributed by atoms with Crippen molar-refractivity contribution in [3.05, 3.63) is 35.4 Å². The van der Waals surface area contributed by atoms with E-state index in [0.717, 1.165) is 18.4 Å². The van der Waals surface area contributed by atoms with E-state index >= 15 is 0 Å². The molecule has 0 unspecified atom stereocenters. The molecule has 4 nitrogen and oxygen atoms in total. The lowest BCUT2D eigenvalue weighted by atomic mass is 10.0. The average Bonchev–Trinajstić information content (AvgIpc) is 2.46. The number of rotatable bonds is 9. The summed E-state index contributed by atoms with van der Waals surface area (Å²) in [6, 6.07) is 8.18. The summed E-state index contributed by atoms with van der Waals surface area (Å²) < 4.78 is 0. The van der Waals surface area contributed by atoms with E-state index in [-0.39, 0.29) is 11.8 Å². The molecule has 0 atom stereocenters. The Morgan fingerprint density at radius 3 is 2.14 bits per heavy atom. The van der Waals surface area contributed by atoms with E-state index in [9.17, 15) is 9.59 Å². The minimum absolute atomic E-state index is 0.0137. The Balaban J connectivity index is 2.28. The smallest absolute Gasteiger partial charge is 0.224 e. The number of nitrogens with one attached hydrogen (secondary N) is 2. The fourth-order valence-corrected chi connectivity index (χ4v) is 2.18. The summed E-state index contributed by atoms with van der Waals surface area (Å²) >= 11 is 0. The van der Waals surface area contributed by atoms with Crippen LogP contribution in [0.3, 0.4) is 0 Å². The van der Waals surface area contributed by atoms with Crippen molar-refractivity contribution in [1.82, 2.24) is 10.6 Å². The molecule has 2 N–H and O–H groups in total. The lowest BCUT2D eigenvalue weighted by molar-refractivity contribution is -0.122. The van der Waals surface area contributed by atoms with E-state index < -0.39 is 0 Å². The minimum Gasteiger partial charge on any atom is -0.356 e. The SMILES string of the molecule is CCCNC(=O)CCNC(=O)Cc1ccc(CC(C)C)cc1. The molecule has 22 heavy (non-hydrogen) atoms. The third-order valence-corrected chi connectivity index (χ3v) is 3.28. The highest BCUT2D eigenvalue weighted by atomic mass is 16.2. The lowest BCUT2D eigenvalue weighted by Gasteiger charge is -2.08. The Hall–Kier alpha value is -1.84. The van der Waals surface area contributed by atoms with E-state index in [1.807, 2.05) is 19.1 Å². The quantitative estimate of drug-likeness (QED) is 0.736. The first-order valence-electron chi connectivity index (χ1n) is 8.12. The molecule has 1 aromatic rings. The molecule has 0 saturated heterocycles. The molecule has 0 aliphatic carbocycles. The van der Waals surface area contributed by atoms with Crippen LogP contribution in [0, 0.1) is 5.92 Å². The largest absolute Gasteiger partial charge is 0.356 e. The highest BCUT2D eigenvalue weighted by molar-refractivity contribution is 5.80. The van der Waals surface area contributed by atoms with E-state index in [2.05, 4.69) is 36.6 Å². The summed E-state index contributed by atoms with van der Waals surface area (Å²) in [5, 5.41) is 5.57. The van der Waals surface area contributed by atoms with Gasteiger partial charge in [0.1, 0.15) is 0 Å². The molecule has 0 aromatic heterocycles. The van der Waals surface area contributed by atoms with Gasteiger partial charge in [0.2, 0.25) is 11.8 Å². The van der Waals surface area contributed by atoms with Gasteiger partial charge in [-0.25, -0.2) is 0 Å². The maximum Gasteiger partial charge on any atom is 0.224 e. The van der Waals surface area contributed by atoms with Gasteiger partial charge in [0.05, 0.1) is 6.42 Å². The fourth-order valence-electron chi connectivity index (χ4n) is 2.18. The molecule has 122 valence electrons. The van der Waals surface area contributed by atoms with Crippen molar-refractivity contribution in [2.75, 3.05) is 13.1 Å². The van der Waals surface area contributed by atoms with Gasteiger partial charge in [-0.2, -0.15) is 0 Å². The molecule has 0 radical (unpaired) electrons. The van der Waals surface area contributed by atoms with Crippen LogP contribution in [0.4, 0.5) is 0 Å². The van der Waals surface area contributed by atoms with Gasteiger partial charge in [-0.3, -0.25) is 9.59 Å². The zero-order valence-corrected chi connectivity index (χ0v) is 13.9. The highest BCUT2D eigenvalue weighted by Gasteiger charge is 2.05. The van der Waals surface area contributed by atoms with E-state index in [1.54, 1.807) is 0 Å². The van der Waals surface area contributed by atoms with Gasteiger partial charge >= 0.3 is 0 Å². The van der Waals surface area contributed by atoms with Crippen molar-refractivity contribution in [3.8, 4) is 0 Å². The van der Waals surface area contributed by atoms with Gasteiger partial charge < -0.3 is 10.6 Å². The zero-order valence-electron chi connectivity index (χ0n) is 13.9. The van der Waals surface area contributed by atoms with Crippen LogP contribution in [0.15, 0.2) is 24.3 Å². The van der Waals surface area contributed by atoms with Crippen molar-refractivity contribution in [2.45, 2.75) is 46.5 Å². The Morgan fingerprint density at radius 1 is 0.955 bits per heavy atom. The third kappa shape index (κ3) is 7.81. The van der Waals surface area contributed by atoms with Crippen molar-refractivity contribution in [3.63, 3.8) is 0 Å². The van der Waals surface area contributed by atoms with Crippen LogP contribution >= 0.6 is 0 Å². The van der Waals surface area contributed by atoms with Gasteiger partial charge in [0, 0.05) is 19.5 Å². The van der Waals surface area contributed by atoms with Gasteiger partial charge in [-0.15, -0.1) is 0 Å². The van der Waals surface area contributed by atoms with Crippen molar-refractivity contribution >= 4 is 11.8 Å². The summed E-state index contributed by atoms with van der Waals surface area (Å²) in [6.45, 7) is 7.47. The Kier molecular flexibility index (Phi) is 8.26. The number of hydrogen-bond donors (Lipinski definition) is 2. The van der Waals surface area contributed by atoms with Gasteiger partial charge in [0.15, 0.2) is 0 Å². The van der Waals surface area contributed by atoms with Crippen molar-refractivity contribution in [2.24, 2.45) is 5.92 Å². The summed E-state index contributed by atoms with van der Waals surface area (Å²) in [4.78, 5) is 23.2. The molecule has 0 aliphatic rings. The van der Waals surface area contributed by atoms with Gasteiger partial charge in [0.25, 0.3) is 0 Å². The molecular formula is C18H28N2O2. The summed E-state index contributed by atoms with van der Waals surface area (Å²) in [5.41, 5.74) is 2.30. The molecule has 0 saturated carbocycles. The zero-order chi connectivity index (χ0) is 16.4. The van der Waals surface area contributed by atoms with Crippen LogP contribution in [-0.4, -0.2) is 24.9 Å². The Bertz CT molecular complexity index is 466. The topological polar surface area (TPSA) is 58.2 Å². The maximum atomic E-state index is 11.8. The first kappa shape index (κ1) is 18.2. The van der Waals surface area contributed by atoms with E-state index in [0.29, 0.717) is 31.8 Å². The molecule has 0 spiro atoms. The molecular weight excluding hydrogens is 276 g/mol. The van der Waals surface area contributed by atoms with Crippen LogP contribution in [0.2, 0.25) is 0 Å². The molecule has 1 aromatic carbocycles. The predicted octanol–water partition coefficient (Wildman–Crippen LogP) is 2.46. The number of hydrogen-bond acceptors (Lipinski definition) is 2. The van der Waals surface area contributed by atoms with E-state index in [4.69, 9.17) is 0 Å². The summed E-state index contributed by atoms with van der Waals surface area (Å²) in [7, 11) is 0. The minimum atomic E-state index is -0.0418. The number of carbonyl (C=O) groups excluding carboxylic acids is 2. The Morgan fingerprint density at radius 2 is 1.55 bits per heavy atom.